The molecule has 1 rings (SSSR count). The zero-order chi connectivity index (χ0) is 12.7. The van der Waals surface area contributed by atoms with Crippen molar-refractivity contribution < 1.29 is 9.18 Å². The average Bonchev–Trinajstić information content (AvgIpc) is 2.34. The van der Waals surface area contributed by atoms with E-state index in [1.54, 1.807) is 0 Å². The lowest BCUT2D eigenvalue weighted by atomic mass is 10.1. The van der Waals surface area contributed by atoms with Crippen LogP contribution < -0.4 is 5.32 Å². The summed E-state index contributed by atoms with van der Waals surface area (Å²) < 4.78 is 13.2. The fourth-order valence-corrected chi connectivity index (χ4v) is 1.54. The highest BCUT2D eigenvalue weighted by Crippen LogP contribution is 2.07. The van der Waals surface area contributed by atoms with Gasteiger partial charge in [0.2, 0.25) is 0 Å². The second-order valence-electron chi connectivity index (χ2n) is 4.01. The second-order valence-corrected chi connectivity index (χ2v) is 4.32. The molecule has 0 aliphatic heterocycles. The van der Waals surface area contributed by atoms with E-state index in [0.717, 1.165) is 19.0 Å². The predicted octanol–water partition coefficient (Wildman–Crippen LogP) is 2.61. The number of amides is 1. The molecule has 0 fully saturated rings. The van der Waals surface area contributed by atoms with E-state index >= 15 is 0 Å². The number of nitrogens with one attached hydrogen (secondary N) is 1. The van der Waals surface area contributed by atoms with E-state index in [4.69, 9.17) is 11.6 Å². The molecule has 5 heteroatoms. The number of carbonyl (C=O) groups excluding carboxylic acids is 1. The summed E-state index contributed by atoms with van der Waals surface area (Å²) in [7, 11) is 0. The van der Waals surface area contributed by atoms with Gasteiger partial charge in [0.05, 0.1) is 11.8 Å². The average molecular weight is 259 g/mol. The number of carbonyl (C=O) groups is 1. The number of hydrogen-bond acceptors (Lipinski definition) is 2. The van der Waals surface area contributed by atoms with Crippen LogP contribution in [-0.4, -0.2) is 23.3 Å². The first kappa shape index (κ1) is 13.9. The van der Waals surface area contributed by atoms with Gasteiger partial charge in [-0.05, 0) is 24.8 Å². The zero-order valence-corrected chi connectivity index (χ0v) is 10.5. The molecule has 1 atom stereocenters. The first-order valence-electron chi connectivity index (χ1n) is 5.58. The number of rotatable bonds is 6. The molecule has 0 spiro atoms. The molecule has 0 radical (unpaired) electrons. The van der Waals surface area contributed by atoms with Gasteiger partial charge in [-0.2, -0.15) is 0 Å². The van der Waals surface area contributed by atoms with Gasteiger partial charge in [-0.15, -0.1) is 11.6 Å². The Labute approximate surface area is 105 Å². The number of pyridine rings is 1. The highest BCUT2D eigenvalue weighted by atomic mass is 35.5. The van der Waals surface area contributed by atoms with Gasteiger partial charge in [0.1, 0.15) is 0 Å². The Hall–Kier alpha value is -1.16. The summed E-state index contributed by atoms with van der Waals surface area (Å²) >= 11 is 5.67. The smallest absolute Gasteiger partial charge is 0.254 e. The quantitative estimate of drug-likeness (QED) is 0.630. The fraction of sp³-hybridized carbons (Fsp3) is 0.500. The molecule has 3 nitrogen and oxygen atoms in total. The van der Waals surface area contributed by atoms with Gasteiger partial charge in [-0.25, -0.2) is 4.39 Å². The van der Waals surface area contributed by atoms with Crippen LogP contribution in [0, 0.1) is 11.7 Å². The maximum Gasteiger partial charge on any atom is 0.254 e. The van der Waals surface area contributed by atoms with Gasteiger partial charge in [-0.1, -0.05) is 6.92 Å². The van der Waals surface area contributed by atoms with E-state index in [1.165, 1.54) is 12.3 Å². The molecule has 0 aromatic carbocycles. The van der Waals surface area contributed by atoms with Gasteiger partial charge in [0.25, 0.3) is 5.91 Å². The molecule has 0 aliphatic carbocycles. The number of halogens is 2. The third-order valence-electron chi connectivity index (χ3n) is 2.44. The maximum atomic E-state index is 13.2. The first-order valence-corrected chi connectivity index (χ1v) is 6.12. The van der Waals surface area contributed by atoms with Crippen LogP contribution in [0.4, 0.5) is 4.39 Å². The van der Waals surface area contributed by atoms with Gasteiger partial charge >= 0.3 is 0 Å². The van der Waals surface area contributed by atoms with Crippen molar-refractivity contribution in [3.05, 3.63) is 29.8 Å². The Morgan fingerprint density at radius 3 is 3.06 bits per heavy atom. The van der Waals surface area contributed by atoms with Crippen molar-refractivity contribution in [1.82, 2.24) is 10.3 Å². The van der Waals surface area contributed by atoms with E-state index in [2.05, 4.69) is 17.2 Å². The van der Waals surface area contributed by atoms with Gasteiger partial charge < -0.3 is 5.32 Å². The number of hydrogen-bond donors (Lipinski definition) is 1. The molecule has 0 saturated carbocycles. The van der Waals surface area contributed by atoms with Gasteiger partial charge in [0.15, 0.2) is 5.82 Å². The largest absolute Gasteiger partial charge is 0.352 e. The van der Waals surface area contributed by atoms with Crippen LogP contribution >= 0.6 is 11.6 Å². The highest BCUT2D eigenvalue weighted by molar-refractivity contribution is 6.18. The van der Waals surface area contributed by atoms with Crippen LogP contribution in [0.25, 0.3) is 0 Å². The van der Waals surface area contributed by atoms with Crippen LogP contribution in [0.15, 0.2) is 18.5 Å². The van der Waals surface area contributed by atoms with Crippen LogP contribution in [0.5, 0.6) is 0 Å². The van der Waals surface area contributed by atoms with Crippen LogP contribution in [0.3, 0.4) is 0 Å². The number of aromatic nitrogens is 1. The van der Waals surface area contributed by atoms with E-state index in [0.29, 0.717) is 18.3 Å². The van der Waals surface area contributed by atoms with Crippen molar-refractivity contribution in [1.29, 1.82) is 0 Å². The molecule has 0 saturated heterocycles. The first-order chi connectivity index (χ1) is 8.15. The molecule has 1 aromatic heterocycles. The summed E-state index contributed by atoms with van der Waals surface area (Å²) in [5.41, 5.74) is 0.0328. The van der Waals surface area contributed by atoms with Crippen molar-refractivity contribution in [3.63, 3.8) is 0 Å². The number of alkyl halides is 1. The zero-order valence-electron chi connectivity index (χ0n) is 9.75. The van der Waals surface area contributed by atoms with Gasteiger partial charge in [-0.3, -0.25) is 9.78 Å². The summed E-state index contributed by atoms with van der Waals surface area (Å²) in [4.78, 5) is 15.2. The topological polar surface area (TPSA) is 42.0 Å². The van der Waals surface area contributed by atoms with Crippen molar-refractivity contribution in [2.45, 2.75) is 19.8 Å². The van der Waals surface area contributed by atoms with Crippen LogP contribution in [0.1, 0.15) is 30.1 Å². The molecule has 1 heterocycles. The molecule has 0 bridgehead atoms. The van der Waals surface area contributed by atoms with Crippen LogP contribution in [0.2, 0.25) is 0 Å². The van der Waals surface area contributed by atoms with E-state index in [1.807, 2.05) is 0 Å². The summed E-state index contributed by atoms with van der Waals surface area (Å²) in [6.45, 7) is 2.58. The SMILES string of the molecule is CC(CCl)CCCNC(=O)c1ccncc1F. The molecule has 1 aromatic rings. The maximum absolute atomic E-state index is 13.2. The Morgan fingerprint density at radius 2 is 2.41 bits per heavy atom. The minimum absolute atomic E-state index is 0.0328. The van der Waals surface area contributed by atoms with E-state index in [9.17, 15) is 9.18 Å². The van der Waals surface area contributed by atoms with Crippen molar-refractivity contribution >= 4 is 17.5 Å². The Bertz CT molecular complexity index is 373. The second kappa shape index (κ2) is 7.22. The third-order valence-corrected chi connectivity index (χ3v) is 2.97. The van der Waals surface area contributed by atoms with Crippen molar-refractivity contribution in [3.8, 4) is 0 Å². The predicted molar refractivity (Wildman–Crippen MR) is 65.6 cm³/mol. The molecular formula is C12H16ClFN2O. The molecular weight excluding hydrogens is 243 g/mol. The lowest BCUT2D eigenvalue weighted by molar-refractivity contribution is 0.0948. The minimum atomic E-state index is -0.598. The monoisotopic (exact) mass is 258 g/mol. The highest BCUT2D eigenvalue weighted by Gasteiger charge is 2.10. The number of nitrogens with zero attached hydrogens (tertiary/aromatic N) is 1. The minimum Gasteiger partial charge on any atom is -0.352 e. The molecule has 17 heavy (non-hydrogen) atoms. The Morgan fingerprint density at radius 1 is 1.65 bits per heavy atom. The Balaban J connectivity index is 2.33. The molecule has 94 valence electrons. The summed E-state index contributed by atoms with van der Waals surface area (Å²) in [6, 6.07) is 1.37. The third kappa shape index (κ3) is 4.69. The van der Waals surface area contributed by atoms with Crippen LogP contribution in [-0.2, 0) is 0 Å². The van der Waals surface area contributed by atoms with Gasteiger partial charge in [0, 0.05) is 18.6 Å². The van der Waals surface area contributed by atoms with Crippen molar-refractivity contribution in [2.24, 2.45) is 5.92 Å². The summed E-state index contributed by atoms with van der Waals surface area (Å²) in [5, 5.41) is 2.67. The Kier molecular flexibility index (Phi) is 5.91. The molecule has 1 N–H and O–H groups in total. The molecule has 1 unspecified atom stereocenters. The molecule has 1 amide bonds. The lowest BCUT2D eigenvalue weighted by Gasteiger charge is -2.08. The van der Waals surface area contributed by atoms with E-state index in [-0.39, 0.29) is 5.56 Å². The lowest BCUT2D eigenvalue weighted by Crippen LogP contribution is -2.25. The summed E-state index contributed by atoms with van der Waals surface area (Å²) in [6.07, 6.45) is 4.22. The van der Waals surface area contributed by atoms with Crippen molar-refractivity contribution in [2.75, 3.05) is 12.4 Å². The standard InChI is InChI=1S/C12H16ClFN2O/c1-9(7-13)3-2-5-16-12(17)10-4-6-15-8-11(10)14/h4,6,8-9H,2-3,5,7H2,1H3,(H,16,17). The summed E-state index contributed by atoms with van der Waals surface area (Å²) in [5.74, 6) is 0.0567. The normalized spacial score (nSPS) is 12.2. The van der Waals surface area contributed by atoms with E-state index < -0.39 is 11.7 Å². The molecule has 0 aliphatic rings. The fourth-order valence-electron chi connectivity index (χ4n) is 1.38.